The van der Waals surface area contributed by atoms with Gasteiger partial charge in [0.15, 0.2) is 0 Å². The molecular formula is C7H10ClFN2. The molecule has 0 spiro atoms. The Kier molecular flexibility index (Phi) is 2.39. The molecule has 0 unspecified atom stereocenters. The Labute approximate surface area is 70.1 Å². The van der Waals surface area contributed by atoms with Gasteiger partial charge in [0.05, 0.1) is 10.7 Å². The Morgan fingerprint density at radius 3 is 2.55 bits per heavy atom. The summed E-state index contributed by atoms with van der Waals surface area (Å²) in [6, 6.07) is 0. The molecule has 2 N–H and O–H groups in total. The number of nitrogens with one attached hydrogen (secondary N) is 2. The lowest BCUT2D eigenvalue weighted by Gasteiger charge is -2.19. The molecule has 62 valence electrons. The van der Waals surface area contributed by atoms with Gasteiger partial charge < -0.3 is 5.43 Å². The maximum Gasteiger partial charge on any atom is 0.206 e. The van der Waals surface area contributed by atoms with Crippen molar-refractivity contribution in [1.82, 2.24) is 10.9 Å². The number of hydrogen-bond donors (Lipinski definition) is 2. The second-order valence-corrected chi connectivity index (χ2v) is 3.07. The summed E-state index contributed by atoms with van der Waals surface area (Å²) >= 11 is 5.73. The topological polar surface area (TPSA) is 24.1 Å². The Bertz CT molecular complexity index is 220. The number of rotatable bonds is 1. The third-order valence-electron chi connectivity index (χ3n) is 1.40. The lowest BCUT2D eigenvalue weighted by Crippen LogP contribution is -2.34. The molecule has 2 nitrogen and oxygen atoms in total. The molecule has 0 atom stereocenters. The highest BCUT2D eigenvalue weighted by molar-refractivity contribution is 6.31. The van der Waals surface area contributed by atoms with Crippen molar-refractivity contribution in [1.29, 1.82) is 0 Å². The zero-order valence-corrected chi connectivity index (χ0v) is 7.17. The van der Waals surface area contributed by atoms with Crippen LogP contribution >= 0.6 is 11.6 Å². The summed E-state index contributed by atoms with van der Waals surface area (Å²) in [7, 11) is 0. The molecule has 0 radical (unpaired) electrons. The molecule has 0 fully saturated rings. The Hall–Kier alpha value is -0.700. The maximum atomic E-state index is 12.4. The van der Waals surface area contributed by atoms with Gasteiger partial charge in [-0.25, -0.2) is 0 Å². The summed E-state index contributed by atoms with van der Waals surface area (Å²) in [4.78, 5) is 0. The van der Waals surface area contributed by atoms with Crippen molar-refractivity contribution in [3.8, 4) is 0 Å². The quantitative estimate of drug-likeness (QED) is 0.598. The van der Waals surface area contributed by atoms with Crippen molar-refractivity contribution < 1.29 is 4.39 Å². The highest BCUT2D eigenvalue weighted by atomic mass is 35.5. The van der Waals surface area contributed by atoms with Gasteiger partial charge in [-0.2, -0.15) is 4.39 Å². The Morgan fingerprint density at radius 2 is 2.09 bits per heavy atom. The SMILES string of the molecule is CC(C)C1=C(Cl)C=C(F)NN1. The molecule has 0 saturated carbocycles. The average Bonchev–Trinajstić information content (AvgIpc) is 1.85. The number of halogens is 2. The van der Waals surface area contributed by atoms with Gasteiger partial charge in [-0.3, -0.25) is 5.43 Å². The van der Waals surface area contributed by atoms with E-state index in [9.17, 15) is 4.39 Å². The fourth-order valence-corrected chi connectivity index (χ4v) is 1.19. The van der Waals surface area contributed by atoms with Crippen LogP contribution < -0.4 is 10.9 Å². The molecule has 0 aliphatic carbocycles. The summed E-state index contributed by atoms with van der Waals surface area (Å²) in [5.74, 6) is -0.196. The molecule has 1 rings (SSSR count). The summed E-state index contributed by atoms with van der Waals surface area (Å²) < 4.78 is 12.4. The highest BCUT2D eigenvalue weighted by Crippen LogP contribution is 2.20. The van der Waals surface area contributed by atoms with Gasteiger partial charge in [0.25, 0.3) is 0 Å². The van der Waals surface area contributed by atoms with Gasteiger partial charge in [-0.15, -0.1) is 0 Å². The van der Waals surface area contributed by atoms with Crippen molar-refractivity contribution in [2.24, 2.45) is 5.92 Å². The smallest absolute Gasteiger partial charge is 0.206 e. The molecule has 4 heteroatoms. The minimum atomic E-state index is -0.459. The van der Waals surface area contributed by atoms with Crippen LogP contribution in [0, 0.1) is 5.92 Å². The molecule has 11 heavy (non-hydrogen) atoms. The van der Waals surface area contributed by atoms with Gasteiger partial charge in [-0.1, -0.05) is 25.4 Å². The van der Waals surface area contributed by atoms with Crippen molar-refractivity contribution in [2.45, 2.75) is 13.8 Å². The molecule has 0 saturated heterocycles. The fraction of sp³-hybridized carbons (Fsp3) is 0.429. The molecular weight excluding hydrogens is 167 g/mol. The van der Waals surface area contributed by atoms with Crippen LogP contribution in [0.25, 0.3) is 0 Å². The monoisotopic (exact) mass is 176 g/mol. The van der Waals surface area contributed by atoms with E-state index in [4.69, 9.17) is 11.6 Å². The maximum absolute atomic E-state index is 12.4. The lowest BCUT2D eigenvalue weighted by atomic mass is 10.1. The molecule has 0 aromatic heterocycles. The van der Waals surface area contributed by atoms with Crippen LogP contribution in [0.2, 0.25) is 0 Å². The van der Waals surface area contributed by atoms with Crippen LogP contribution in [0.5, 0.6) is 0 Å². The van der Waals surface area contributed by atoms with Crippen molar-refractivity contribution in [3.63, 3.8) is 0 Å². The first-order valence-electron chi connectivity index (χ1n) is 3.40. The Morgan fingerprint density at radius 1 is 1.45 bits per heavy atom. The highest BCUT2D eigenvalue weighted by Gasteiger charge is 2.12. The first-order chi connectivity index (χ1) is 5.11. The van der Waals surface area contributed by atoms with Crippen LogP contribution in [0.4, 0.5) is 4.39 Å². The van der Waals surface area contributed by atoms with Crippen LogP contribution in [0.3, 0.4) is 0 Å². The van der Waals surface area contributed by atoms with E-state index in [1.807, 2.05) is 13.8 Å². The predicted molar refractivity (Wildman–Crippen MR) is 43.2 cm³/mol. The molecule has 1 heterocycles. The average molecular weight is 177 g/mol. The fourth-order valence-electron chi connectivity index (χ4n) is 0.832. The summed E-state index contributed by atoms with van der Waals surface area (Å²) in [5, 5.41) is 0.427. The molecule has 1 aliphatic rings. The zero-order chi connectivity index (χ0) is 8.43. The molecule has 0 aromatic rings. The third-order valence-corrected chi connectivity index (χ3v) is 1.72. The van der Waals surface area contributed by atoms with Crippen LogP contribution in [-0.2, 0) is 0 Å². The number of allylic oxidation sites excluding steroid dienone is 3. The standard InChI is InChI=1S/C7H10ClFN2/c1-4(2)7-5(8)3-6(9)10-11-7/h3-4,10-11H,1-2H3. The van der Waals surface area contributed by atoms with E-state index in [2.05, 4.69) is 10.9 Å². The minimum Gasteiger partial charge on any atom is -0.301 e. The largest absolute Gasteiger partial charge is 0.301 e. The normalized spacial score (nSPS) is 17.7. The van der Waals surface area contributed by atoms with Crippen molar-refractivity contribution in [2.75, 3.05) is 0 Å². The van der Waals surface area contributed by atoms with E-state index in [-0.39, 0.29) is 5.92 Å². The summed E-state index contributed by atoms with van der Waals surface area (Å²) in [6.07, 6.45) is 1.26. The van der Waals surface area contributed by atoms with E-state index in [1.165, 1.54) is 6.08 Å². The van der Waals surface area contributed by atoms with Crippen LogP contribution in [-0.4, -0.2) is 0 Å². The van der Waals surface area contributed by atoms with Crippen LogP contribution in [0.1, 0.15) is 13.8 Å². The van der Waals surface area contributed by atoms with Gasteiger partial charge in [0.2, 0.25) is 5.95 Å². The van der Waals surface area contributed by atoms with Crippen molar-refractivity contribution >= 4 is 11.6 Å². The van der Waals surface area contributed by atoms with E-state index in [0.29, 0.717) is 5.03 Å². The first-order valence-corrected chi connectivity index (χ1v) is 3.78. The van der Waals surface area contributed by atoms with Gasteiger partial charge in [0.1, 0.15) is 0 Å². The number of hydrogen-bond acceptors (Lipinski definition) is 2. The summed E-state index contributed by atoms with van der Waals surface area (Å²) in [5.41, 5.74) is 5.83. The number of hydrazine groups is 1. The molecule has 0 amide bonds. The minimum absolute atomic E-state index is 0.263. The van der Waals surface area contributed by atoms with E-state index in [0.717, 1.165) is 5.70 Å². The second-order valence-electron chi connectivity index (χ2n) is 2.66. The van der Waals surface area contributed by atoms with E-state index < -0.39 is 5.95 Å². The van der Waals surface area contributed by atoms with Gasteiger partial charge in [0, 0.05) is 6.08 Å². The van der Waals surface area contributed by atoms with E-state index in [1.54, 1.807) is 0 Å². The van der Waals surface area contributed by atoms with Crippen LogP contribution in [0.15, 0.2) is 22.8 Å². The van der Waals surface area contributed by atoms with Crippen molar-refractivity contribution in [3.05, 3.63) is 22.8 Å². The zero-order valence-electron chi connectivity index (χ0n) is 6.41. The molecule has 0 bridgehead atoms. The van der Waals surface area contributed by atoms with Gasteiger partial charge in [-0.05, 0) is 5.92 Å². The van der Waals surface area contributed by atoms with E-state index >= 15 is 0 Å². The Balaban J connectivity index is 2.86. The first kappa shape index (κ1) is 8.40. The molecule has 0 aromatic carbocycles. The van der Waals surface area contributed by atoms with Gasteiger partial charge >= 0.3 is 0 Å². The summed E-state index contributed by atoms with van der Waals surface area (Å²) in [6.45, 7) is 3.95. The molecule has 1 aliphatic heterocycles. The third kappa shape index (κ3) is 1.87. The predicted octanol–water partition coefficient (Wildman–Crippen LogP) is 2.01. The lowest BCUT2D eigenvalue weighted by molar-refractivity contribution is 0.473. The second kappa shape index (κ2) is 3.13.